The Hall–Kier alpha value is -8.66. The van der Waals surface area contributed by atoms with Gasteiger partial charge in [0.1, 0.15) is 51.8 Å². The molecule has 14 heteroatoms. The molecule has 8 aromatic rings. The summed E-state index contributed by atoms with van der Waals surface area (Å²) in [5.74, 6) is -0.808. The molecule has 1 aliphatic rings. The first kappa shape index (κ1) is 53.2. The molecule has 0 spiro atoms. The molecule has 1 saturated heterocycles. The average Bonchev–Trinajstić information content (AvgIpc) is 3.52. The van der Waals surface area contributed by atoms with Crippen molar-refractivity contribution in [3.05, 3.63) is 251 Å². The number of rotatable bonds is 24. The fourth-order valence-electron chi connectivity index (χ4n) is 8.38. The number of esters is 2. The van der Waals surface area contributed by atoms with Gasteiger partial charge in [0.15, 0.2) is 41.5 Å². The van der Waals surface area contributed by atoms with Crippen molar-refractivity contribution in [3.63, 3.8) is 0 Å². The highest BCUT2D eigenvalue weighted by Crippen LogP contribution is 2.43. The van der Waals surface area contributed by atoms with Crippen LogP contribution in [0.5, 0.6) is 34.5 Å². The van der Waals surface area contributed by atoms with Gasteiger partial charge in [0.25, 0.3) is 0 Å². The van der Waals surface area contributed by atoms with Crippen molar-refractivity contribution in [1.82, 2.24) is 0 Å². The topological polar surface area (TPSA) is 167 Å². The number of ether oxygens (including phenoxy) is 10. The standard InChI is InChI=1S/C63H58O14/c1-68-63-60(77-62(67)50-34-53(71-39-45-24-12-4-13-25-45)58(74-42-48-30-18-7-19-31-48)54(35-50)72-40-46-26-14-5-15-27-46)59(56(65)55(36-64)75-63)76-61(66)49-32-51(69-37-43-20-8-2-9-21-43)57(73-41-47-28-16-6-17-29-47)52(33-49)70-38-44-22-10-3-11-23-44/h2-35,55-56,59-60,63-65H,36-42H2,1H3/t55?,56-,59?,60?,63-/m1/s1. The number of aliphatic hydroxyl groups excluding tert-OH is 2. The molecule has 5 atom stereocenters. The Bertz CT molecular complexity index is 2980. The number of hydrogen-bond donors (Lipinski definition) is 2. The summed E-state index contributed by atoms with van der Waals surface area (Å²) in [6.07, 6.45) is -7.78. The molecule has 2 N–H and O–H groups in total. The van der Waals surface area contributed by atoms with E-state index in [0.29, 0.717) is 0 Å². The van der Waals surface area contributed by atoms with Gasteiger partial charge in [0.05, 0.1) is 17.7 Å². The second-order valence-corrected chi connectivity index (χ2v) is 17.9. The second-order valence-electron chi connectivity index (χ2n) is 17.9. The maximum absolute atomic E-state index is 14.7. The van der Waals surface area contributed by atoms with E-state index in [2.05, 4.69) is 0 Å². The van der Waals surface area contributed by atoms with Crippen molar-refractivity contribution in [3.8, 4) is 34.5 Å². The lowest BCUT2D eigenvalue weighted by atomic mass is 9.98. The first-order valence-electron chi connectivity index (χ1n) is 25.1. The Kier molecular flexibility index (Phi) is 18.4. The predicted molar refractivity (Wildman–Crippen MR) is 285 cm³/mol. The number of methoxy groups -OCH3 is 1. The van der Waals surface area contributed by atoms with Crippen molar-refractivity contribution < 1.29 is 67.2 Å². The van der Waals surface area contributed by atoms with Gasteiger partial charge in [-0.15, -0.1) is 0 Å². The quantitative estimate of drug-likeness (QED) is 0.0549. The van der Waals surface area contributed by atoms with Crippen molar-refractivity contribution in [2.24, 2.45) is 0 Å². The highest BCUT2D eigenvalue weighted by Gasteiger charge is 2.50. The van der Waals surface area contributed by atoms with Crippen LogP contribution in [-0.4, -0.2) is 66.6 Å². The van der Waals surface area contributed by atoms with Crippen molar-refractivity contribution in [1.29, 1.82) is 0 Å². The van der Waals surface area contributed by atoms with Crippen LogP contribution in [0.3, 0.4) is 0 Å². The number of aliphatic hydroxyl groups is 2. The molecule has 9 rings (SSSR count). The van der Waals surface area contributed by atoms with Crippen molar-refractivity contribution >= 4 is 11.9 Å². The molecule has 77 heavy (non-hydrogen) atoms. The van der Waals surface area contributed by atoms with Gasteiger partial charge in [-0.05, 0) is 57.6 Å². The molecule has 394 valence electrons. The lowest BCUT2D eigenvalue weighted by Crippen LogP contribution is -2.61. The van der Waals surface area contributed by atoms with Crippen LogP contribution in [-0.2, 0) is 58.6 Å². The molecular formula is C63H58O14. The van der Waals surface area contributed by atoms with Gasteiger partial charge >= 0.3 is 11.9 Å². The molecule has 1 aliphatic heterocycles. The normalized spacial score (nSPS) is 16.8. The summed E-state index contributed by atoms with van der Waals surface area (Å²) in [6.45, 7) is -0.0134. The van der Waals surface area contributed by atoms with Gasteiger partial charge in [-0.25, -0.2) is 9.59 Å². The Morgan fingerprint density at radius 3 is 0.961 bits per heavy atom. The minimum absolute atomic E-state index is 0.0478. The number of carbonyl (C=O) groups is 2. The van der Waals surface area contributed by atoms with E-state index in [-0.39, 0.29) is 85.3 Å². The molecule has 0 bridgehead atoms. The number of hydrogen-bond acceptors (Lipinski definition) is 14. The van der Waals surface area contributed by atoms with E-state index >= 15 is 0 Å². The van der Waals surface area contributed by atoms with Gasteiger partial charge < -0.3 is 57.6 Å². The van der Waals surface area contributed by atoms with Gasteiger partial charge in [0.2, 0.25) is 11.5 Å². The summed E-state index contributed by atoms with van der Waals surface area (Å²) in [6, 6.07) is 62.9. The Morgan fingerprint density at radius 1 is 0.416 bits per heavy atom. The van der Waals surface area contributed by atoms with E-state index in [9.17, 15) is 19.8 Å². The van der Waals surface area contributed by atoms with E-state index < -0.39 is 49.3 Å². The third kappa shape index (κ3) is 14.4. The minimum atomic E-state index is -1.73. The fraction of sp³-hybridized carbons (Fsp3) is 0.206. The molecule has 3 unspecified atom stereocenters. The molecule has 1 heterocycles. The molecule has 0 radical (unpaired) electrons. The van der Waals surface area contributed by atoms with Crippen LogP contribution in [0.15, 0.2) is 206 Å². The predicted octanol–water partition coefficient (Wildman–Crippen LogP) is 10.6. The zero-order valence-corrected chi connectivity index (χ0v) is 42.3. The highest BCUT2D eigenvalue weighted by atomic mass is 16.7. The molecule has 0 saturated carbocycles. The molecule has 14 nitrogen and oxygen atoms in total. The van der Waals surface area contributed by atoms with E-state index in [1.54, 1.807) is 0 Å². The van der Waals surface area contributed by atoms with E-state index in [1.165, 1.54) is 31.4 Å². The Labute approximate surface area is 446 Å². The van der Waals surface area contributed by atoms with Crippen LogP contribution in [0.1, 0.15) is 54.1 Å². The summed E-state index contributed by atoms with van der Waals surface area (Å²) < 4.78 is 62.5. The van der Waals surface area contributed by atoms with Crippen LogP contribution >= 0.6 is 0 Å². The summed E-state index contributed by atoms with van der Waals surface area (Å²) >= 11 is 0. The first-order chi connectivity index (χ1) is 37.8. The van der Waals surface area contributed by atoms with Crippen LogP contribution in [0.25, 0.3) is 0 Å². The second kappa shape index (κ2) is 26.7. The maximum atomic E-state index is 14.7. The largest absolute Gasteiger partial charge is 0.485 e. The SMILES string of the molecule is CO[C@@H]1OC(CO)[C@@H](O)C(OC(=O)c2cc(OCc3ccccc3)c(OCc3ccccc3)c(OCc3ccccc3)c2)C1OC(=O)c1cc(OCc2ccccc2)c(OCc2ccccc2)c(OCc2ccccc2)c1. The van der Waals surface area contributed by atoms with Gasteiger partial charge in [-0.3, -0.25) is 0 Å². The van der Waals surface area contributed by atoms with Crippen LogP contribution < -0.4 is 28.4 Å². The Balaban J connectivity index is 1.05. The van der Waals surface area contributed by atoms with Crippen molar-refractivity contribution in [2.45, 2.75) is 70.3 Å². The molecule has 0 aromatic heterocycles. The molecule has 0 amide bonds. The minimum Gasteiger partial charge on any atom is -0.485 e. The monoisotopic (exact) mass is 1040 g/mol. The highest BCUT2D eigenvalue weighted by molar-refractivity contribution is 5.92. The van der Waals surface area contributed by atoms with Crippen LogP contribution in [0.4, 0.5) is 0 Å². The number of carbonyl (C=O) groups excluding carboxylic acids is 2. The summed E-state index contributed by atoms with van der Waals surface area (Å²) in [7, 11) is 1.29. The summed E-state index contributed by atoms with van der Waals surface area (Å²) in [4.78, 5) is 29.5. The summed E-state index contributed by atoms with van der Waals surface area (Å²) in [5, 5.41) is 22.3. The van der Waals surface area contributed by atoms with Gasteiger partial charge in [0, 0.05) is 7.11 Å². The molecular weight excluding hydrogens is 981 g/mol. The maximum Gasteiger partial charge on any atom is 0.339 e. The average molecular weight is 1040 g/mol. The Morgan fingerprint density at radius 2 is 0.688 bits per heavy atom. The lowest BCUT2D eigenvalue weighted by Gasteiger charge is -2.42. The molecule has 1 fully saturated rings. The van der Waals surface area contributed by atoms with Crippen molar-refractivity contribution in [2.75, 3.05) is 13.7 Å². The third-order valence-corrected chi connectivity index (χ3v) is 12.4. The first-order valence-corrected chi connectivity index (χ1v) is 25.1. The van der Waals surface area contributed by atoms with Crippen LogP contribution in [0.2, 0.25) is 0 Å². The zero-order valence-electron chi connectivity index (χ0n) is 42.3. The van der Waals surface area contributed by atoms with Crippen LogP contribution in [0, 0.1) is 0 Å². The van der Waals surface area contributed by atoms with Gasteiger partial charge in [-0.2, -0.15) is 0 Å². The van der Waals surface area contributed by atoms with E-state index in [1.807, 2.05) is 182 Å². The van der Waals surface area contributed by atoms with E-state index in [4.69, 9.17) is 47.4 Å². The lowest BCUT2D eigenvalue weighted by molar-refractivity contribution is -0.292. The zero-order chi connectivity index (χ0) is 53.2. The molecule has 8 aromatic carbocycles. The fourth-order valence-corrected chi connectivity index (χ4v) is 8.38. The third-order valence-electron chi connectivity index (χ3n) is 12.4. The smallest absolute Gasteiger partial charge is 0.339 e. The molecule has 0 aliphatic carbocycles. The number of benzene rings is 8. The summed E-state index contributed by atoms with van der Waals surface area (Å²) in [5.41, 5.74) is 5.02. The van der Waals surface area contributed by atoms with E-state index in [0.717, 1.165) is 33.4 Å². The van der Waals surface area contributed by atoms with Gasteiger partial charge in [-0.1, -0.05) is 182 Å².